The second-order valence-electron chi connectivity index (χ2n) is 9.47. The summed E-state index contributed by atoms with van der Waals surface area (Å²) >= 11 is 4.08. The first-order chi connectivity index (χ1) is 21.4. The molecule has 0 aliphatic carbocycles. The molecule has 4 N–H and O–H groups in total. The van der Waals surface area contributed by atoms with Crippen LogP contribution in [0.25, 0.3) is 17.0 Å². The van der Waals surface area contributed by atoms with E-state index in [1.165, 1.54) is 23.5 Å². The van der Waals surface area contributed by atoms with Crippen LogP contribution >= 0.6 is 35.1 Å². The zero-order valence-corrected chi connectivity index (χ0v) is 26.4. The first kappa shape index (κ1) is 31.0. The van der Waals surface area contributed by atoms with E-state index < -0.39 is 11.8 Å². The summed E-state index contributed by atoms with van der Waals surface area (Å²) < 4.78 is 4.25. The number of aromatic nitrogens is 3. The topological polar surface area (TPSA) is 129 Å². The normalized spacial score (nSPS) is 12.1. The molecule has 1 atom stereocenters. The number of nitrogens with zero attached hydrogens (tertiary/aromatic N) is 2. The number of rotatable bonds is 12. The quantitative estimate of drug-likeness (QED) is 0.0848. The Balaban J connectivity index is 1.32. The van der Waals surface area contributed by atoms with Crippen LogP contribution in [0.4, 0.5) is 10.8 Å². The number of carbonyl (C=O) groups is 3. The van der Waals surface area contributed by atoms with Crippen molar-refractivity contribution in [1.82, 2.24) is 19.7 Å². The first-order valence-corrected chi connectivity index (χ1v) is 16.6. The number of carbonyl (C=O) groups excluding carboxylic acids is 3. The van der Waals surface area contributed by atoms with Crippen LogP contribution in [0.3, 0.4) is 0 Å². The van der Waals surface area contributed by atoms with Gasteiger partial charge in [0, 0.05) is 50.3 Å². The largest absolute Gasteiger partial charge is 0.361 e. The molecule has 2 heterocycles. The molecule has 3 aromatic carbocycles. The SMILES string of the molecule is CCSc1nsc(NC(=O)C(CC)Sc2cccc(NC(=O)/C(=C/c3c[nH]c4ccccc34)NC(=O)c3ccccc3)c2)n1. The summed E-state index contributed by atoms with van der Waals surface area (Å²) in [5.41, 5.74) is 2.72. The lowest BCUT2D eigenvalue weighted by molar-refractivity contribution is -0.116. The summed E-state index contributed by atoms with van der Waals surface area (Å²) in [6.45, 7) is 3.96. The van der Waals surface area contributed by atoms with Crippen LogP contribution in [0.5, 0.6) is 0 Å². The third kappa shape index (κ3) is 7.95. The van der Waals surface area contributed by atoms with Crippen molar-refractivity contribution in [3.63, 3.8) is 0 Å². The van der Waals surface area contributed by atoms with Gasteiger partial charge in [0.05, 0.1) is 5.25 Å². The van der Waals surface area contributed by atoms with E-state index in [0.29, 0.717) is 28.0 Å². The van der Waals surface area contributed by atoms with Gasteiger partial charge in [0.25, 0.3) is 11.8 Å². The van der Waals surface area contributed by atoms with Gasteiger partial charge >= 0.3 is 0 Å². The Hall–Kier alpha value is -4.39. The van der Waals surface area contributed by atoms with E-state index in [1.54, 1.807) is 42.6 Å². The van der Waals surface area contributed by atoms with Gasteiger partial charge < -0.3 is 15.6 Å². The van der Waals surface area contributed by atoms with Crippen molar-refractivity contribution in [2.75, 3.05) is 16.4 Å². The molecule has 0 spiro atoms. The van der Waals surface area contributed by atoms with Gasteiger partial charge in [-0.2, -0.15) is 9.36 Å². The fraction of sp³-hybridized carbons (Fsp3) is 0.156. The number of amides is 3. The minimum absolute atomic E-state index is 0.0881. The number of aromatic amines is 1. The number of anilines is 2. The minimum atomic E-state index is -0.483. The standard InChI is InChI=1S/C32H30N6O3S3/c1-3-27(30(41)36-31-37-32(38-44-31)42-4-2)43-23-14-10-13-22(18-23)34-29(40)26(35-28(39)20-11-6-5-7-12-20)17-21-19-33-25-16-9-8-15-24(21)25/h5-19,27,33H,3-4H2,1-2H3,(H,34,40)(H,35,39)(H,36,37,38,41)/b26-17-. The van der Waals surface area contributed by atoms with Crippen molar-refractivity contribution in [3.05, 3.63) is 102 Å². The highest BCUT2D eigenvalue weighted by molar-refractivity contribution is 8.00. The fourth-order valence-electron chi connectivity index (χ4n) is 4.28. The van der Waals surface area contributed by atoms with Crippen LogP contribution in [-0.4, -0.2) is 43.1 Å². The van der Waals surface area contributed by atoms with E-state index in [0.717, 1.165) is 38.6 Å². The third-order valence-corrected chi connectivity index (χ3v) is 9.23. The lowest BCUT2D eigenvalue weighted by Crippen LogP contribution is -2.30. The predicted molar refractivity (Wildman–Crippen MR) is 180 cm³/mol. The summed E-state index contributed by atoms with van der Waals surface area (Å²) in [6.07, 6.45) is 4.04. The first-order valence-electron chi connectivity index (χ1n) is 13.9. The highest BCUT2D eigenvalue weighted by Gasteiger charge is 2.21. The molecule has 9 nitrogen and oxygen atoms in total. The molecule has 0 bridgehead atoms. The molecule has 44 heavy (non-hydrogen) atoms. The number of hydrogen-bond acceptors (Lipinski definition) is 8. The average Bonchev–Trinajstić information content (AvgIpc) is 3.66. The van der Waals surface area contributed by atoms with Crippen LogP contribution in [-0.2, 0) is 9.59 Å². The molecule has 0 radical (unpaired) electrons. The molecule has 0 saturated heterocycles. The number of thioether (sulfide) groups is 2. The summed E-state index contributed by atoms with van der Waals surface area (Å²) in [5.74, 6) is -0.194. The maximum absolute atomic E-state index is 13.6. The molecule has 2 aromatic heterocycles. The van der Waals surface area contributed by atoms with Crippen LogP contribution in [0.1, 0.15) is 36.2 Å². The molecule has 0 fully saturated rings. The summed E-state index contributed by atoms with van der Waals surface area (Å²) in [6, 6.07) is 23.7. The molecule has 1 unspecified atom stereocenters. The maximum Gasteiger partial charge on any atom is 0.272 e. The van der Waals surface area contributed by atoms with Gasteiger partial charge in [-0.15, -0.1) is 11.8 Å². The molecule has 0 aliphatic heterocycles. The molecular formula is C32H30N6O3S3. The number of hydrogen-bond donors (Lipinski definition) is 4. The van der Waals surface area contributed by atoms with Crippen LogP contribution < -0.4 is 16.0 Å². The van der Waals surface area contributed by atoms with Gasteiger partial charge in [0.1, 0.15) is 5.70 Å². The van der Waals surface area contributed by atoms with Crippen molar-refractivity contribution in [2.45, 2.75) is 35.6 Å². The third-order valence-electron chi connectivity index (χ3n) is 6.39. The van der Waals surface area contributed by atoms with Gasteiger partial charge in [0.2, 0.25) is 16.2 Å². The van der Waals surface area contributed by atoms with Gasteiger partial charge in [-0.3, -0.25) is 19.7 Å². The summed E-state index contributed by atoms with van der Waals surface area (Å²) in [5, 5.41) is 10.2. The number of benzene rings is 3. The molecular weight excluding hydrogens is 613 g/mol. The molecule has 0 saturated carbocycles. The molecule has 12 heteroatoms. The Bertz CT molecular complexity index is 1800. The van der Waals surface area contributed by atoms with E-state index in [2.05, 4.69) is 30.3 Å². The molecule has 224 valence electrons. The Morgan fingerprint density at radius 1 is 0.977 bits per heavy atom. The molecule has 0 aliphatic rings. The highest BCUT2D eigenvalue weighted by Crippen LogP contribution is 2.29. The molecule has 5 rings (SSSR count). The van der Waals surface area contributed by atoms with E-state index in [-0.39, 0.29) is 16.9 Å². The summed E-state index contributed by atoms with van der Waals surface area (Å²) in [4.78, 5) is 48.0. The van der Waals surface area contributed by atoms with E-state index >= 15 is 0 Å². The second-order valence-corrected chi connectivity index (χ2v) is 12.7. The smallest absolute Gasteiger partial charge is 0.272 e. The number of fused-ring (bicyclic) bond motifs is 1. The number of para-hydroxylation sites is 1. The Morgan fingerprint density at radius 2 is 1.77 bits per heavy atom. The van der Waals surface area contributed by atoms with Crippen molar-refractivity contribution in [1.29, 1.82) is 0 Å². The molecule has 3 amide bonds. The number of H-pyrrole nitrogens is 1. The van der Waals surface area contributed by atoms with Gasteiger partial charge in [-0.25, -0.2) is 0 Å². The van der Waals surface area contributed by atoms with Crippen LogP contribution in [0.15, 0.2) is 101 Å². The van der Waals surface area contributed by atoms with Gasteiger partial charge in [-0.1, -0.05) is 68.1 Å². The zero-order valence-electron chi connectivity index (χ0n) is 24.0. The van der Waals surface area contributed by atoms with E-state index in [1.807, 2.05) is 62.4 Å². The minimum Gasteiger partial charge on any atom is -0.361 e. The zero-order chi connectivity index (χ0) is 30.9. The van der Waals surface area contributed by atoms with Crippen molar-refractivity contribution in [2.24, 2.45) is 0 Å². The van der Waals surface area contributed by atoms with Gasteiger partial charge in [-0.05, 0) is 54.6 Å². The Labute approximate surface area is 267 Å². The van der Waals surface area contributed by atoms with Crippen molar-refractivity contribution >= 4 is 80.6 Å². The Morgan fingerprint density at radius 3 is 2.57 bits per heavy atom. The lowest BCUT2D eigenvalue weighted by atomic mass is 10.1. The fourth-order valence-corrected chi connectivity index (χ4v) is 6.56. The summed E-state index contributed by atoms with van der Waals surface area (Å²) in [7, 11) is 0. The van der Waals surface area contributed by atoms with Crippen molar-refractivity contribution in [3.8, 4) is 0 Å². The molecule has 5 aromatic rings. The monoisotopic (exact) mass is 642 g/mol. The second kappa shape index (κ2) is 14.9. The van der Waals surface area contributed by atoms with E-state index in [9.17, 15) is 14.4 Å². The highest BCUT2D eigenvalue weighted by atomic mass is 32.2. The van der Waals surface area contributed by atoms with Crippen molar-refractivity contribution < 1.29 is 14.4 Å². The van der Waals surface area contributed by atoms with Gasteiger partial charge in [0.15, 0.2) is 0 Å². The van der Waals surface area contributed by atoms with E-state index in [4.69, 9.17) is 0 Å². The lowest BCUT2D eigenvalue weighted by Gasteiger charge is -2.15. The van der Waals surface area contributed by atoms with Crippen LogP contribution in [0, 0.1) is 0 Å². The predicted octanol–water partition coefficient (Wildman–Crippen LogP) is 7.05. The van der Waals surface area contributed by atoms with Crippen LogP contribution in [0.2, 0.25) is 0 Å². The Kier molecular flexibility index (Phi) is 10.5. The average molecular weight is 643 g/mol. The number of nitrogens with one attached hydrogen (secondary N) is 4. The maximum atomic E-state index is 13.6.